The summed E-state index contributed by atoms with van der Waals surface area (Å²) >= 11 is 0. The van der Waals surface area contributed by atoms with Crippen LogP contribution >= 0.6 is 0 Å². The van der Waals surface area contributed by atoms with Gasteiger partial charge in [-0.25, -0.2) is 9.98 Å². The number of hydrogen-bond acceptors (Lipinski definition) is 7. The summed E-state index contributed by atoms with van der Waals surface area (Å²) in [6, 6.07) is 5.69. The third-order valence-corrected chi connectivity index (χ3v) is 4.51. The second-order valence-corrected chi connectivity index (χ2v) is 5.88. The van der Waals surface area contributed by atoms with Gasteiger partial charge in [-0.1, -0.05) is 18.2 Å². The summed E-state index contributed by atoms with van der Waals surface area (Å²) < 4.78 is 10.4. The third-order valence-electron chi connectivity index (χ3n) is 4.51. The van der Waals surface area contributed by atoms with E-state index in [9.17, 15) is 4.79 Å². The van der Waals surface area contributed by atoms with E-state index in [0.717, 1.165) is 11.1 Å². The molecule has 1 atom stereocenters. The minimum absolute atomic E-state index is 0.0538. The van der Waals surface area contributed by atoms with Crippen LogP contribution in [-0.2, 0) is 11.2 Å². The van der Waals surface area contributed by atoms with E-state index < -0.39 is 5.54 Å². The molecule has 0 fully saturated rings. The summed E-state index contributed by atoms with van der Waals surface area (Å²) in [5.41, 5.74) is 7.91. The Morgan fingerprint density at radius 1 is 1.29 bits per heavy atom. The number of nitrogens with two attached hydrogens (primary N) is 1. The van der Waals surface area contributed by atoms with Gasteiger partial charge in [-0.05, 0) is 18.4 Å². The number of rotatable bonds is 2. The number of hydrogen-bond donors (Lipinski definition) is 1. The van der Waals surface area contributed by atoms with Crippen LogP contribution in [0.3, 0.4) is 0 Å². The van der Waals surface area contributed by atoms with Gasteiger partial charge >= 0.3 is 0 Å². The van der Waals surface area contributed by atoms with Crippen LogP contribution in [-0.4, -0.2) is 41.0 Å². The number of carbonyl (C=O) groups is 1. The highest BCUT2D eigenvalue weighted by molar-refractivity contribution is 6.08. The molecule has 122 valence electrons. The lowest BCUT2D eigenvalue weighted by atomic mass is 9.76. The quantitative estimate of drug-likeness (QED) is 0.895. The highest BCUT2D eigenvalue weighted by Gasteiger charge is 2.47. The summed E-state index contributed by atoms with van der Waals surface area (Å²) in [4.78, 5) is 25.8. The maximum Gasteiger partial charge on any atom is 0.283 e. The molecule has 24 heavy (non-hydrogen) atoms. The second kappa shape index (κ2) is 5.30. The Labute approximate surface area is 138 Å². The first-order chi connectivity index (χ1) is 11.6. The zero-order chi connectivity index (χ0) is 16.7. The summed E-state index contributed by atoms with van der Waals surface area (Å²) in [7, 11) is 1.55. The van der Waals surface area contributed by atoms with Gasteiger partial charge in [0.25, 0.3) is 6.02 Å². The number of carbonyl (C=O) groups excluding carboxylic acids is 1. The van der Waals surface area contributed by atoms with Crippen molar-refractivity contribution in [1.29, 1.82) is 0 Å². The lowest BCUT2D eigenvalue weighted by molar-refractivity contribution is 0.0835. The van der Waals surface area contributed by atoms with Crippen molar-refractivity contribution in [3.8, 4) is 17.1 Å². The molecule has 4 rings (SSSR count). The summed E-state index contributed by atoms with van der Waals surface area (Å²) in [6.45, 7) is 0.209. The largest absolute Gasteiger partial charge is 0.480 e. The van der Waals surface area contributed by atoms with Crippen LogP contribution in [0.4, 0.5) is 0 Å². The Balaban J connectivity index is 1.81. The monoisotopic (exact) mass is 324 g/mol. The van der Waals surface area contributed by atoms with E-state index in [-0.39, 0.29) is 18.4 Å². The van der Waals surface area contributed by atoms with Gasteiger partial charge in [0, 0.05) is 11.1 Å². The van der Waals surface area contributed by atoms with Crippen LogP contribution in [0.5, 0.6) is 5.88 Å². The smallest absolute Gasteiger partial charge is 0.283 e. The molecule has 1 spiro atoms. The van der Waals surface area contributed by atoms with Gasteiger partial charge in [-0.2, -0.15) is 0 Å². The molecule has 1 aromatic heterocycles. The maximum atomic E-state index is 13.0. The number of ether oxygens (including phenoxy) is 2. The first-order valence-corrected chi connectivity index (χ1v) is 7.64. The molecule has 1 aromatic carbocycles. The van der Waals surface area contributed by atoms with Crippen molar-refractivity contribution in [2.75, 3.05) is 13.7 Å². The molecule has 7 heteroatoms. The normalized spacial score (nSPS) is 22.0. The van der Waals surface area contributed by atoms with E-state index in [4.69, 9.17) is 15.2 Å². The van der Waals surface area contributed by atoms with Crippen molar-refractivity contribution in [1.82, 2.24) is 9.97 Å². The molecular weight excluding hydrogens is 308 g/mol. The molecular formula is C17H16N4O3. The number of amidine groups is 1. The van der Waals surface area contributed by atoms with Gasteiger partial charge < -0.3 is 15.2 Å². The zero-order valence-corrected chi connectivity index (χ0v) is 13.2. The number of Topliss-reactive ketones (excluding diaryl/α,β-unsaturated/α-hetero) is 1. The average molecular weight is 324 g/mol. The minimum Gasteiger partial charge on any atom is -0.480 e. The standard InChI is InChI=1S/C17H16N4O3/c1-23-14-8-19-7-13(20-14)11-3-2-4-12-10(11)5-6-17(15(12)22)9-24-16(18)21-17/h2-4,7-8H,5-6,9H2,1H3,(H2,18,21)/t17-/m1/s1. The van der Waals surface area contributed by atoms with Crippen LogP contribution in [0.25, 0.3) is 11.3 Å². The summed E-state index contributed by atoms with van der Waals surface area (Å²) in [6.07, 6.45) is 4.47. The van der Waals surface area contributed by atoms with Crippen LogP contribution in [0.15, 0.2) is 35.6 Å². The molecule has 2 aromatic rings. The Bertz CT molecular complexity index is 865. The molecule has 1 aliphatic heterocycles. The summed E-state index contributed by atoms with van der Waals surface area (Å²) in [5.74, 6) is 0.382. The number of ketones is 1. The number of aromatic nitrogens is 2. The van der Waals surface area contributed by atoms with Crippen LogP contribution in [0, 0.1) is 0 Å². The second-order valence-electron chi connectivity index (χ2n) is 5.88. The van der Waals surface area contributed by atoms with Gasteiger partial charge in [0.2, 0.25) is 5.88 Å². The van der Waals surface area contributed by atoms with Crippen LogP contribution < -0.4 is 10.5 Å². The number of methoxy groups -OCH3 is 1. The molecule has 0 saturated carbocycles. The van der Waals surface area contributed by atoms with E-state index in [1.54, 1.807) is 19.5 Å². The topological polar surface area (TPSA) is 99.7 Å². The fourth-order valence-corrected chi connectivity index (χ4v) is 3.29. The molecule has 0 bridgehead atoms. The summed E-state index contributed by atoms with van der Waals surface area (Å²) in [5, 5.41) is 0. The van der Waals surface area contributed by atoms with Crippen molar-refractivity contribution in [3.05, 3.63) is 41.7 Å². The highest BCUT2D eigenvalue weighted by atomic mass is 16.5. The Morgan fingerprint density at radius 3 is 2.88 bits per heavy atom. The predicted octanol–water partition coefficient (Wildman–Crippen LogP) is 1.36. The Morgan fingerprint density at radius 2 is 2.12 bits per heavy atom. The van der Waals surface area contributed by atoms with Gasteiger partial charge in [-0.15, -0.1) is 0 Å². The van der Waals surface area contributed by atoms with E-state index in [0.29, 0.717) is 30.0 Å². The van der Waals surface area contributed by atoms with E-state index in [1.807, 2.05) is 18.2 Å². The zero-order valence-electron chi connectivity index (χ0n) is 13.2. The number of nitrogens with zero attached hydrogens (tertiary/aromatic N) is 3. The fraction of sp³-hybridized carbons (Fsp3) is 0.294. The fourth-order valence-electron chi connectivity index (χ4n) is 3.29. The Hall–Kier alpha value is -2.96. The van der Waals surface area contributed by atoms with Crippen molar-refractivity contribution < 1.29 is 14.3 Å². The molecule has 0 radical (unpaired) electrons. The van der Waals surface area contributed by atoms with Crippen LogP contribution in [0.1, 0.15) is 22.3 Å². The van der Waals surface area contributed by atoms with Gasteiger partial charge in [0.15, 0.2) is 11.3 Å². The van der Waals surface area contributed by atoms with Crippen molar-refractivity contribution in [3.63, 3.8) is 0 Å². The van der Waals surface area contributed by atoms with Crippen LogP contribution in [0.2, 0.25) is 0 Å². The first kappa shape index (κ1) is 14.6. The maximum absolute atomic E-state index is 13.0. The predicted molar refractivity (Wildman–Crippen MR) is 87.0 cm³/mol. The molecule has 2 heterocycles. The average Bonchev–Trinajstić information content (AvgIpc) is 3.00. The van der Waals surface area contributed by atoms with E-state index in [1.165, 1.54) is 0 Å². The lowest BCUT2D eigenvalue weighted by Gasteiger charge is -2.29. The highest BCUT2D eigenvalue weighted by Crippen LogP contribution is 2.38. The van der Waals surface area contributed by atoms with E-state index in [2.05, 4.69) is 15.0 Å². The molecule has 7 nitrogen and oxygen atoms in total. The van der Waals surface area contributed by atoms with Gasteiger partial charge in [0.1, 0.15) is 6.61 Å². The molecule has 2 aliphatic rings. The number of fused-ring (bicyclic) bond motifs is 1. The molecule has 1 aliphatic carbocycles. The van der Waals surface area contributed by atoms with Gasteiger partial charge in [-0.3, -0.25) is 9.78 Å². The molecule has 0 amide bonds. The number of benzene rings is 1. The molecule has 0 unspecified atom stereocenters. The van der Waals surface area contributed by atoms with Crippen molar-refractivity contribution in [2.45, 2.75) is 18.4 Å². The molecule has 2 N–H and O–H groups in total. The lowest BCUT2D eigenvalue weighted by Crippen LogP contribution is -2.42. The van der Waals surface area contributed by atoms with Gasteiger partial charge in [0.05, 0.1) is 25.2 Å². The molecule has 0 saturated heterocycles. The first-order valence-electron chi connectivity index (χ1n) is 7.64. The Kier molecular flexibility index (Phi) is 3.23. The minimum atomic E-state index is -0.879. The van der Waals surface area contributed by atoms with Crippen molar-refractivity contribution in [2.24, 2.45) is 10.7 Å². The van der Waals surface area contributed by atoms with Crippen molar-refractivity contribution >= 4 is 11.8 Å². The van der Waals surface area contributed by atoms with E-state index >= 15 is 0 Å². The number of aliphatic imine (C=N–C) groups is 1. The SMILES string of the molecule is COc1cncc(-c2cccc3c2CC[C@@]2(COC(N)=N2)C3=O)n1. The third kappa shape index (κ3) is 2.12.